The quantitative estimate of drug-likeness (QED) is 0.567. The van der Waals surface area contributed by atoms with E-state index in [2.05, 4.69) is 10.0 Å². The Morgan fingerprint density at radius 2 is 1.77 bits per heavy atom. The maximum atomic E-state index is 13.0. The summed E-state index contributed by atoms with van der Waals surface area (Å²) in [5, 5.41) is 2.64. The van der Waals surface area contributed by atoms with Gasteiger partial charge in [-0.2, -0.15) is 0 Å². The van der Waals surface area contributed by atoms with Crippen molar-refractivity contribution in [1.29, 1.82) is 0 Å². The summed E-state index contributed by atoms with van der Waals surface area (Å²) in [5.41, 5.74) is 0.972. The Bertz CT molecular complexity index is 1260. The summed E-state index contributed by atoms with van der Waals surface area (Å²) in [5.74, 6) is -0.308. The Kier molecular flexibility index (Phi) is 6.09. The lowest BCUT2D eigenvalue weighted by Gasteiger charge is -2.12. The van der Waals surface area contributed by atoms with Crippen LogP contribution in [0.1, 0.15) is 12.6 Å². The van der Waals surface area contributed by atoms with Crippen LogP contribution in [0.3, 0.4) is 0 Å². The highest BCUT2D eigenvalue weighted by atomic mass is 32.2. The minimum absolute atomic E-state index is 0.0311. The Hall–Kier alpha value is -2.98. The number of hydrogen-bond acceptors (Lipinski definition) is 5. The van der Waals surface area contributed by atoms with Gasteiger partial charge in [-0.3, -0.25) is 19.0 Å². The normalized spacial score (nSPS) is 11.3. The van der Waals surface area contributed by atoms with E-state index in [1.165, 1.54) is 35.5 Å². The maximum absolute atomic E-state index is 13.0. The third-order valence-corrected chi connectivity index (χ3v) is 6.73. The average molecular weight is 447 g/mol. The SMILES string of the molecule is CSc1ccc(S(=O)(=O)Nc2c(C)n(C)n(-c3ccccc3)c2=O)cc1NC(C)=O. The smallest absolute Gasteiger partial charge is 0.296 e. The second-order valence-electron chi connectivity index (χ2n) is 6.59. The predicted molar refractivity (Wildman–Crippen MR) is 119 cm³/mol. The number of nitrogens with zero attached hydrogens (tertiary/aromatic N) is 2. The number of carbonyl (C=O) groups is 1. The second-order valence-corrected chi connectivity index (χ2v) is 9.12. The zero-order valence-corrected chi connectivity index (χ0v) is 18.6. The highest BCUT2D eigenvalue weighted by molar-refractivity contribution is 7.98. The van der Waals surface area contributed by atoms with Gasteiger partial charge in [-0.15, -0.1) is 11.8 Å². The van der Waals surface area contributed by atoms with Gasteiger partial charge in [0.05, 0.1) is 22.0 Å². The molecule has 1 amide bonds. The molecule has 0 unspecified atom stereocenters. The number of amides is 1. The molecule has 2 aromatic carbocycles. The average Bonchev–Trinajstić information content (AvgIpc) is 2.91. The topological polar surface area (TPSA) is 102 Å². The number of benzene rings is 2. The molecular formula is C20H22N4O4S2. The Labute approximate surface area is 178 Å². The summed E-state index contributed by atoms with van der Waals surface area (Å²) in [6.07, 6.45) is 1.83. The molecule has 0 aliphatic carbocycles. The van der Waals surface area contributed by atoms with Crippen molar-refractivity contribution in [3.05, 3.63) is 64.6 Å². The number of aromatic nitrogens is 2. The van der Waals surface area contributed by atoms with Crippen molar-refractivity contribution < 1.29 is 13.2 Å². The highest BCUT2D eigenvalue weighted by Crippen LogP contribution is 2.29. The minimum Gasteiger partial charge on any atom is -0.325 e. The minimum atomic E-state index is -4.06. The van der Waals surface area contributed by atoms with E-state index >= 15 is 0 Å². The number of carbonyl (C=O) groups excluding carboxylic acids is 1. The molecule has 0 radical (unpaired) electrons. The molecule has 0 atom stereocenters. The first-order chi connectivity index (χ1) is 14.2. The summed E-state index contributed by atoms with van der Waals surface area (Å²) in [7, 11) is -2.38. The third-order valence-electron chi connectivity index (χ3n) is 4.58. The fraction of sp³-hybridized carbons (Fsp3) is 0.200. The van der Waals surface area contributed by atoms with Crippen LogP contribution in [0.25, 0.3) is 5.69 Å². The van der Waals surface area contributed by atoms with E-state index in [1.807, 2.05) is 12.3 Å². The van der Waals surface area contributed by atoms with E-state index in [9.17, 15) is 18.0 Å². The van der Waals surface area contributed by atoms with E-state index in [1.54, 1.807) is 49.0 Å². The summed E-state index contributed by atoms with van der Waals surface area (Å²) in [6, 6.07) is 13.4. The van der Waals surface area contributed by atoms with Gasteiger partial charge in [0, 0.05) is 18.9 Å². The number of nitrogens with one attached hydrogen (secondary N) is 2. The second kappa shape index (κ2) is 8.41. The monoisotopic (exact) mass is 446 g/mol. The molecular weight excluding hydrogens is 424 g/mol. The van der Waals surface area contributed by atoms with Crippen molar-refractivity contribution in [2.75, 3.05) is 16.3 Å². The summed E-state index contributed by atoms with van der Waals surface area (Å²) < 4.78 is 31.4. The Morgan fingerprint density at radius 3 is 2.37 bits per heavy atom. The van der Waals surface area contributed by atoms with Crippen molar-refractivity contribution in [2.45, 2.75) is 23.6 Å². The summed E-state index contributed by atoms with van der Waals surface area (Å²) >= 11 is 1.38. The van der Waals surface area contributed by atoms with Gasteiger partial charge in [-0.25, -0.2) is 13.1 Å². The Balaban J connectivity index is 2.05. The van der Waals surface area contributed by atoms with Gasteiger partial charge in [0.25, 0.3) is 15.6 Å². The lowest BCUT2D eigenvalue weighted by Crippen LogP contribution is -2.23. The van der Waals surface area contributed by atoms with E-state index in [0.29, 0.717) is 17.1 Å². The first-order valence-corrected chi connectivity index (χ1v) is 11.7. The maximum Gasteiger partial charge on any atom is 0.296 e. The summed E-state index contributed by atoms with van der Waals surface area (Å²) in [6.45, 7) is 3.02. The fourth-order valence-electron chi connectivity index (χ4n) is 3.02. The van der Waals surface area contributed by atoms with Gasteiger partial charge in [0.15, 0.2) is 0 Å². The van der Waals surface area contributed by atoms with Gasteiger partial charge in [0.1, 0.15) is 5.69 Å². The first kappa shape index (κ1) is 21.7. The van der Waals surface area contributed by atoms with E-state index < -0.39 is 15.6 Å². The van der Waals surface area contributed by atoms with Crippen LogP contribution in [-0.2, 0) is 21.9 Å². The standard InChI is InChI=1S/C20H22N4O4S2/c1-13-19(20(26)24(23(13)3)15-8-6-5-7-9-15)22-30(27,28)16-10-11-18(29-4)17(12-16)21-14(2)25/h5-12,22H,1-4H3,(H,21,25). The van der Waals surface area contributed by atoms with Crippen LogP contribution < -0.4 is 15.6 Å². The predicted octanol–water partition coefficient (Wildman–Crippen LogP) is 2.97. The molecule has 8 nitrogen and oxygen atoms in total. The molecule has 3 aromatic rings. The number of hydrogen-bond donors (Lipinski definition) is 2. The summed E-state index contributed by atoms with van der Waals surface area (Å²) in [4.78, 5) is 25.1. The van der Waals surface area contributed by atoms with Crippen LogP contribution in [0, 0.1) is 6.92 Å². The molecule has 2 N–H and O–H groups in total. The van der Waals surface area contributed by atoms with Gasteiger partial charge < -0.3 is 5.32 Å². The molecule has 0 fully saturated rings. The van der Waals surface area contributed by atoms with E-state index in [0.717, 1.165) is 4.90 Å². The van der Waals surface area contributed by atoms with E-state index in [4.69, 9.17) is 0 Å². The molecule has 10 heteroatoms. The van der Waals surface area contributed by atoms with Crippen molar-refractivity contribution in [1.82, 2.24) is 9.36 Å². The zero-order chi connectivity index (χ0) is 22.1. The van der Waals surface area contributed by atoms with Gasteiger partial charge in [-0.05, 0) is 43.5 Å². The van der Waals surface area contributed by atoms with Crippen molar-refractivity contribution in [3.63, 3.8) is 0 Å². The first-order valence-electron chi connectivity index (χ1n) is 8.98. The molecule has 30 heavy (non-hydrogen) atoms. The third kappa shape index (κ3) is 4.14. The lowest BCUT2D eigenvalue weighted by molar-refractivity contribution is -0.114. The molecule has 1 heterocycles. The van der Waals surface area contributed by atoms with Gasteiger partial charge in [0.2, 0.25) is 5.91 Å². The molecule has 3 rings (SSSR count). The lowest BCUT2D eigenvalue weighted by atomic mass is 10.3. The number of rotatable bonds is 6. The molecule has 0 aliphatic rings. The van der Waals surface area contributed by atoms with E-state index in [-0.39, 0.29) is 16.5 Å². The van der Waals surface area contributed by atoms with Crippen molar-refractivity contribution in [2.24, 2.45) is 7.05 Å². The van der Waals surface area contributed by atoms with Crippen molar-refractivity contribution in [3.8, 4) is 5.69 Å². The Morgan fingerprint density at radius 1 is 1.10 bits per heavy atom. The van der Waals surface area contributed by atoms with Gasteiger partial charge in [-0.1, -0.05) is 18.2 Å². The number of thioether (sulfide) groups is 1. The van der Waals surface area contributed by atoms with Crippen LogP contribution in [0.4, 0.5) is 11.4 Å². The number of para-hydroxylation sites is 1. The molecule has 0 bridgehead atoms. The highest BCUT2D eigenvalue weighted by Gasteiger charge is 2.23. The van der Waals surface area contributed by atoms with Crippen LogP contribution in [0.5, 0.6) is 0 Å². The molecule has 0 saturated carbocycles. The van der Waals surface area contributed by atoms with Crippen molar-refractivity contribution >= 4 is 39.1 Å². The molecule has 0 saturated heterocycles. The largest absolute Gasteiger partial charge is 0.325 e. The molecule has 158 valence electrons. The number of anilines is 2. The molecule has 0 aliphatic heterocycles. The van der Waals surface area contributed by atoms with Crippen LogP contribution in [0.2, 0.25) is 0 Å². The molecule has 1 aromatic heterocycles. The number of sulfonamides is 1. The fourth-order valence-corrected chi connectivity index (χ4v) is 4.70. The zero-order valence-electron chi connectivity index (χ0n) is 17.0. The van der Waals surface area contributed by atoms with Crippen LogP contribution in [-0.4, -0.2) is 29.9 Å². The van der Waals surface area contributed by atoms with Crippen LogP contribution in [0.15, 0.2) is 63.1 Å². The molecule has 0 spiro atoms. The van der Waals surface area contributed by atoms with Crippen LogP contribution >= 0.6 is 11.8 Å². The van der Waals surface area contributed by atoms with Gasteiger partial charge >= 0.3 is 0 Å².